The Morgan fingerprint density at radius 2 is 1.75 bits per heavy atom. The Morgan fingerprint density at radius 3 is 2.54 bits per heavy atom. The molecule has 2 atom stereocenters. The number of halogens is 2. The van der Waals surface area contributed by atoms with Crippen molar-refractivity contribution in [1.29, 1.82) is 0 Å². The summed E-state index contributed by atoms with van der Waals surface area (Å²) in [4.78, 5) is 40.4. The van der Waals surface area contributed by atoms with E-state index in [1.54, 1.807) is 10.7 Å². The molecule has 52 heavy (non-hydrogen) atoms. The molecule has 11 nitrogen and oxygen atoms in total. The number of rotatable bonds is 9. The first kappa shape index (κ1) is 33.7. The van der Waals surface area contributed by atoms with Gasteiger partial charge in [0.25, 0.3) is 0 Å². The molecule has 1 unspecified atom stereocenters. The molecule has 3 saturated heterocycles. The van der Waals surface area contributed by atoms with Crippen LogP contribution >= 0.6 is 0 Å². The lowest BCUT2D eigenvalue weighted by molar-refractivity contribution is -0.133. The number of nitrogens with one attached hydrogen (secondary N) is 2. The summed E-state index contributed by atoms with van der Waals surface area (Å²) in [7, 11) is 2.17. The quantitative estimate of drug-likeness (QED) is 0.186. The molecule has 5 aromatic rings. The fourth-order valence-corrected chi connectivity index (χ4v) is 7.78. The van der Waals surface area contributed by atoms with Crippen LogP contribution in [0.4, 0.5) is 26.1 Å². The van der Waals surface area contributed by atoms with Crippen LogP contribution in [-0.4, -0.2) is 75.1 Å². The van der Waals surface area contributed by atoms with Gasteiger partial charge in [-0.15, -0.1) is 0 Å². The Bertz CT molecular complexity index is 2100. The molecule has 0 bridgehead atoms. The van der Waals surface area contributed by atoms with Crippen LogP contribution in [0.3, 0.4) is 0 Å². The van der Waals surface area contributed by atoms with E-state index in [0.717, 1.165) is 86.5 Å². The minimum Gasteiger partial charge on any atom is -0.374 e. The molecule has 8 rings (SSSR count). The summed E-state index contributed by atoms with van der Waals surface area (Å²) in [6.07, 6.45) is 8.16. The number of imide groups is 1. The topological polar surface area (TPSA) is 111 Å². The van der Waals surface area contributed by atoms with E-state index in [2.05, 4.69) is 55.7 Å². The van der Waals surface area contributed by atoms with Gasteiger partial charge in [-0.1, -0.05) is 24.3 Å². The molecule has 3 aliphatic rings. The van der Waals surface area contributed by atoms with Crippen molar-refractivity contribution >= 4 is 34.8 Å². The lowest BCUT2D eigenvalue weighted by Crippen LogP contribution is -2.47. The maximum absolute atomic E-state index is 14.8. The monoisotopic (exact) mass is 705 g/mol. The average molecular weight is 706 g/mol. The summed E-state index contributed by atoms with van der Waals surface area (Å²) >= 11 is 0. The van der Waals surface area contributed by atoms with E-state index in [0.29, 0.717) is 30.1 Å². The zero-order valence-electron chi connectivity index (χ0n) is 29.0. The lowest BCUT2D eigenvalue weighted by Gasteiger charge is -2.37. The van der Waals surface area contributed by atoms with Crippen LogP contribution in [-0.2, 0) is 16.1 Å². The maximum Gasteiger partial charge on any atom is 0.249 e. The Kier molecular flexibility index (Phi) is 9.27. The summed E-state index contributed by atoms with van der Waals surface area (Å²) < 4.78 is 30.2. The number of hydrogen-bond acceptors (Lipinski definition) is 9. The number of aromatic nitrogens is 4. The first-order chi connectivity index (χ1) is 25.3. The number of amides is 2. The summed E-state index contributed by atoms with van der Waals surface area (Å²) in [5, 5.41) is 10.2. The Hall–Kier alpha value is -5.43. The summed E-state index contributed by atoms with van der Waals surface area (Å²) in [5.41, 5.74) is 4.82. The molecular formula is C39H41F2N9O2. The number of nitrogens with zero attached hydrogens (tertiary/aromatic N) is 7. The third-order valence-corrected chi connectivity index (χ3v) is 10.6. The third kappa shape index (κ3) is 6.92. The fraction of sp³-hybridized carbons (Fsp3) is 0.359. The van der Waals surface area contributed by atoms with Crippen molar-refractivity contribution in [2.45, 2.75) is 63.2 Å². The average Bonchev–Trinajstić information content (AvgIpc) is 3.81. The van der Waals surface area contributed by atoms with Crippen molar-refractivity contribution in [2.75, 3.05) is 41.8 Å². The van der Waals surface area contributed by atoms with E-state index in [1.807, 2.05) is 36.5 Å². The van der Waals surface area contributed by atoms with Gasteiger partial charge in [-0.2, -0.15) is 5.10 Å². The van der Waals surface area contributed by atoms with Crippen LogP contribution in [0, 0.1) is 11.6 Å². The van der Waals surface area contributed by atoms with Crippen LogP contribution in [0.5, 0.6) is 0 Å². The van der Waals surface area contributed by atoms with Gasteiger partial charge in [-0.05, 0) is 81.1 Å². The van der Waals surface area contributed by atoms with Crippen LogP contribution < -0.4 is 20.4 Å². The predicted molar refractivity (Wildman–Crippen MR) is 195 cm³/mol. The smallest absolute Gasteiger partial charge is 0.249 e. The number of fused-ring (bicyclic) bond motifs is 1. The highest BCUT2D eigenvalue weighted by Gasteiger charge is 2.30. The molecule has 3 aromatic heterocycles. The van der Waals surface area contributed by atoms with Crippen LogP contribution in [0.15, 0.2) is 79.1 Å². The Labute approximate surface area is 300 Å². The number of benzene rings is 2. The van der Waals surface area contributed by atoms with Gasteiger partial charge in [0.15, 0.2) is 5.65 Å². The highest BCUT2D eigenvalue weighted by Crippen LogP contribution is 2.37. The second kappa shape index (κ2) is 14.3. The van der Waals surface area contributed by atoms with Gasteiger partial charge >= 0.3 is 0 Å². The zero-order valence-corrected chi connectivity index (χ0v) is 29.0. The minimum absolute atomic E-state index is 0.217. The minimum atomic E-state index is -0.581. The van der Waals surface area contributed by atoms with Crippen LogP contribution in [0.25, 0.3) is 16.9 Å². The molecule has 3 aliphatic heterocycles. The maximum atomic E-state index is 14.8. The van der Waals surface area contributed by atoms with Crippen molar-refractivity contribution in [2.24, 2.45) is 0 Å². The number of hydrogen-bond donors (Lipinski definition) is 2. The number of anilines is 3. The Balaban J connectivity index is 0.905. The molecule has 0 spiro atoms. The zero-order chi connectivity index (χ0) is 35.8. The molecule has 13 heteroatoms. The van der Waals surface area contributed by atoms with Gasteiger partial charge in [0.1, 0.15) is 29.3 Å². The van der Waals surface area contributed by atoms with Gasteiger partial charge in [0.2, 0.25) is 11.8 Å². The van der Waals surface area contributed by atoms with Gasteiger partial charge in [0, 0.05) is 62.2 Å². The molecule has 268 valence electrons. The van der Waals surface area contributed by atoms with Crippen molar-refractivity contribution in [3.8, 4) is 11.3 Å². The SMILES string of the molecule is CN(Cc1ccc(NC2CCC(=O)NC2=O)cc1)C1CCN(c2cccc(-c3cnn4ccc(N5CCC[C@@H]5c5ccc(F)cc5F)nc34)n2)CC1. The predicted octanol–water partition coefficient (Wildman–Crippen LogP) is 5.73. The van der Waals surface area contributed by atoms with Crippen molar-refractivity contribution in [1.82, 2.24) is 29.8 Å². The normalized spacial score (nSPS) is 19.8. The van der Waals surface area contributed by atoms with Gasteiger partial charge in [-0.25, -0.2) is 23.3 Å². The van der Waals surface area contributed by atoms with Gasteiger partial charge < -0.3 is 15.1 Å². The van der Waals surface area contributed by atoms with E-state index >= 15 is 0 Å². The molecule has 2 N–H and O–H groups in total. The molecular weight excluding hydrogens is 664 g/mol. The van der Waals surface area contributed by atoms with Crippen LogP contribution in [0.1, 0.15) is 55.7 Å². The Morgan fingerprint density at radius 1 is 0.923 bits per heavy atom. The first-order valence-corrected chi connectivity index (χ1v) is 18.0. The second-order valence-corrected chi connectivity index (χ2v) is 14.0. The summed E-state index contributed by atoms with van der Waals surface area (Å²) in [5.74, 6) is 0.0360. The van der Waals surface area contributed by atoms with Crippen molar-refractivity contribution in [3.63, 3.8) is 0 Å². The number of carbonyl (C=O) groups is 2. The van der Waals surface area contributed by atoms with Gasteiger partial charge in [0.05, 0.1) is 23.5 Å². The molecule has 2 amide bonds. The largest absolute Gasteiger partial charge is 0.374 e. The molecule has 0 aliphatic carbocycles. The van der Waals surface area contributed by atoms with Crippen molar-refractivity contribution in [3.05, 3.63) is 102 Å². The molecule has 0 saturated carbocycles. The summed E-state index contributed by atoms with van der Waals surface area (Å²) in [6.45, 7) is 3.31. The van der Waals surface area contributed by atoms with Crippen molar-refractivity contribution < 1.29 is 18.4 Å². The molecule has 0 radical (unpaired) electrons. The molecule has 3 fully saturated rings. The lowest BCUT2D eigenvalue weighted by atomic mass is 10.0. The standard InChI is InChI=1S/C39H41F2N9O2/c1-47(24-25-7-10-27(11-8-25)43-33-13-14-37(51)46-39(33)52)28-15-19-48(20-16-28)35-6-2-4-32(44-35)30-23-42-50-21-17-36(45-38(30)50)49-18-3-5-34(49)29-12-9-26(40)22-31(29)41/h2,4,6-12,17,21-23,28,33-34,43H,3,5,13-16,18-20,24H2,1H3,(H,46,51,52)/t33?,34-/m1/s1. The number of carbonyl (C=O) groups excluding carboxylic acids is 2. The van der Waals surface area contributed by atoms with E-state index < -0.39 is 17.7 Å². The number of piperidine rings is 2. The number of pyridine rings is 1. The molecule has 6 heterocycles. The van der Waals surface area contributed by atoms with Gasteiger partial charge in [-0.3, -0.25) is 19.8 Å². The molecule has 2 aromatic carbocycles. The first-order valence-electron chi connectivity index (χ1n) is 18.0. The third-order valence-electron chi connectivity index (χ3n) is 10.6. The van der Waals surface area contributed by atoms with E-state index in [9.17, 15) is 18.4 Å². The van der Waals surface area contributed by atoms with E-state index in [1.165, 1.54) is 17.7 Å². The van der Waals surface area contributed by atoms with E-state index in [-0.39, 0.29) is 17.9 Å². The highest BCUT2D eigenvalue weighted by molar-refractivity contribution is 6.01. The van der Waals surface area contributed by atoms with E-state index in [4.69, 9.17) is 9.97 Å². The summed E-state index contributed by atoms with van der Waals surface area (Å²) in [6, 6.07) is 19.7. The van der Waals surface area contributed by atoms with Crippen LogP contribution in [0.2, 0.25) is 0 Å². The second-order valence-electron chi connectivity index (χ2n) is 14.0. The highest BCUT2D eigenvalue weighted by atomic mass is 19.1. The fourth-order valence-electron chi connectivity index (χ4n) is 7.78.